The van der Waals surface area contributed by atoms with Crippen LogP contribution in [0.25, 0.3) is 0 Å². The van der Waals surface area contributed by atoms with Crippen LogP contribution in [-0.4, -0.2) is 5.91 Å². The summed E-state index contributed by atoms with van der Waals surface area (Å²) in [6.45, 7) is 2.00. The number of amides is 1. The normalized spacial score (nSPS) is 10.3. The van der Waals surface area contributed by atoms with E-state index < -0.39 is 0 Å². The van der Waals surface area contributed by atoms with Gasteiger partial charge < -0.3 is 5.32 Å². The number of rotatable bonds is 2. The molecule has 0 saturated carbocycles. The first-order chi connectivity index (χ1) is 8.97. The molecule has 2 nitrogen and oxygen atoms in total. The van der Waals surface area contributed by atoms with Crippen molar-refractivity contribution in [1.82, 2.24) is 0 Å². The average Bonchev–Trinajstić information content (AvgIpc) is 2.32. The number of nitrogens with one attached hydrogen (secondary N) is 1. The zero-order valence-electron chi connectivity index (χ0n) is 10.0. The zero-order chi connectivity index (χ0) is 14.0. The van der Waals surface area contributed by atoms with Crippen molar-refractivity contribution < 1.29 is 4.79 Å². The molecule has 0 aromatic heterocycles. The first-order valence-corrected chi connectivity index (χ1v) is 7.75. The predicted molar refractivity (Wildman–Crippen MR) is 91.0 cm³/mol. The first-order valence-electron chi connectivity index (χ1n) is 5.50. The van der Waals surface area contributed by atoms with Crippen LogP contribution < -0.4 is 5.32 Å². The Hall–Kier alpha value is -0.590. The van der Waals surface area contributed by atoms with E-state index in [1.165, 1.54) is 0 Å². The Morgan fingerprint density at radius 1 is 1.26 bits per heavy atom. The molecule has 19 heavy (non-hydrogen) atoms. The minimum absolute atomic E-state index is 0.148. The molecule has 1 N–H and O–H groups in total. The van der Waals surface area contributed by atoms with E-state index in [1.807, 2.05) is 25.1 Å². The van der Waals surface area contributed by atoms with Gasteiger partial charge >= 0.3 is 0 Å². The third-order valence-corrected chi connectivity index (χ3v) is 4.33. The fourth-order valence-electron chi connectivity index (χ4n) is 1.58. The van der Waals surface area contributed by atoms with Crippen LogP contribution in [0.1, 0.15) is 15.9 Å². The van der Waals surface area contributed by atoms with Gasteiger partial charge in [0, 0.05) is 13.1 Å². The molecule has 0 aliphatic rings. The molecule has 0 heterocycles. The second kappa shape index (κ2) is 6.24. The van der Waals surface area contributed by atoms with Gasteiger partial charge in [-0.05, 0) is 81.3 Å². The zero-order valence-corrected chi connectivity index (χ0v) is 14.5. The van der Waals surface area contributed by atoms with Gasteiger partial charge in [-0.15, -0.1) is 0 Å². The van der Waals surface area contributed by atoms with E-state index in [0.717, 1.165) is 19.3 Å². The number of anilines is 1. The van der Waals surface area contributed by atoms with Crippen molar-refractivity contribution in [3.8, 4) is 0 Å². The third kappa shape index (κ3) is 3.70. The Morgan fingerprint density at radius 2 is 2.00 bits per heavy atom. The number of aryl methyl sites for hydroxylation is 1. The Labute approximate surface area is 138 Å². The number of carbonyl (C=O) groups is 1. The lowest BCUT2D eigenvalue weighted by Crippen LogP contribution is -2.13. The van der Waals surface area contributed by atoms with Crippen LogP contribution in [0.4, 0.5) is 5.69 Å². The highest BCUT2D eigenvalue weighted by Gasteiger charge is 2.12. The maximum atomic E-state index is 12.2. The monoisotopic (exact) mass is 449 g/mol. The van der Waals surface area contributed by atoms with Crippen LogP contribution in [0.3, 0.4) is 0 Å². The molecule has 0 aliphatic heterocycles. The highest BCUT2D eigenvalue weighted by atomic mass is 127. The van der Waals surface area contributed by atoms with Crippen molar-refractivity contribution in [3.63, 3.8) is 0 Å². The molecule has 1 amide bonds. The lowest BCUT2D eigenvalue weighted by atomic mass is 10.2. The molecule has 98 valence electrons. The maximum absolute atomic E-state index is 12.2. The Kier molecular flexibility index (Phi) is 4.86. The largest absolute Gasteiger partial charge is 0.321 e. The molecule has 0 aliphatic carbocycles. The summed E-state index contributed by atoms with van der Waals surface area (Å²) in [5.41, 5.74) is 2.49. The van der Waals surface area contributed by atoms with Gasteiger partial charge in [-0.2, -0.15) is 0 Å². The molecular formula is C14H10BrClINO. The first kappa shape index (κ1) is 14.8. The summed E-state index contributed by atoms with van der Waals surface area (Å²) in [6, 6.07) is 11.0. The summed E-state index contributed by atoms with van der Waals surface area (Å²) >= 11 is 11.4. The average molecular weight is 451 g/mol. The van der Waals surface area contributed by atoms with Gasteiger partial charge in [0.15, 0.2) is 0 Å². The lowest BCUT2D eigenvalue weighted by Gasteiger charge is -2.09. The van der Waals surface area contributed by atoms with Gasteiger partial charge in [-0.1, -0.05) is 17.7 Å². The fourth-order valence-corrected chi connectivity index (χ4v) is 3.29. The van der Waals surface area contributed by atoms with Crippen molar-refractivity contribution >= 4 is 61.7 Å². The van der Waals surface area contributed by atoms with Gasteiger partial charge in [0.2, 0.25) is 0 Å². The van der Waals surface area contributed by atoms with Crippen LogP contribution in [0.15, 0.2) is 40.9 Å². The maximum Gasteiger partial charge on any atom is 0.256 e. The molecule has 2 aromatic rings. The molecule has 2 rings (SSSR count). The lowest BCUT2D eigenvalue weighted by molar-refractivity contribution is 0.102. The highest BCUT2D eigenvalue weighted by Crippen LogP contribution is 2.25. The number of carbonyl (C=O) groups excluding carboxylic acids is 1. The van der Waals surface area contributed by atoms with Gasteiger partial charge in [0.05, 0.1) is 11.3 Å². The Morgan fingerprint density at radius 3 is 2.63 bits per heavy atom. The van der Waals surface area contributed by atoms with Gasteiger partial charge in [-0.25, -0.2) is 0 Å². The smallest absolute Gasteiger partial charge is 0.256 e. The van der Waals surface area contributed by atoms with Crippen LogP contribution in [0.2, 0.25) is 5.02 Å². The molecule has 5 heteroatoms. The molecular weight excluding hydrogens is 440 g/mol. The van der Waals surface area contributed by atoms with Crippen LogP contribution in [-0.2, 0) is 0 Å². The second-order valence-corrected chi connectivity index (χ2v) is 6.51. The quantitative estimate of drug-likeness (QED) is 0.621. The van der Waals surface area contributed by atoms with Gasteiger partial charge in [0.1, 0.15) is 0 Å². The SMILES string of the molecule is Cc1ccc(NC(=O)c2ccc(Cl)cc2I)c(Br)c1. The van der Waals surface area contributed by atoms with E-state index in [-0.39, 0.29) is 5.91 Å². The summed E-state index contributed by atoms with van der Waals surface area (Å²) in [5.74, 6) is -0.148. The summed E-state index contributed by atoms with van der Waals surface area (Å²) in [4.78, 5) is 12.2. The molecule has 0 fully saturated rings. The topological polar surface area (TPSA) is 29.1 Å². The highest BCUT2D eigenvalue weighted by molar-refractivity contribution is 14.1. The van der Waals surface area contributed by atoms with Crippen LogP contribution in [0, 0.1) is 10.5 Å². The van der Waals surface area contributed by atoms with E-state index in [9.17, 15) is 4.79 Å². The van der Waals surface area contributed by atoms with Crippen molar-refractivity contribution in [2.45, 2.75) is 6.92 Å². The number of hydrogen-bond donors (Lipinski definition) is 1. The molecule has 0 atom stereocenters. The van der Waals surface area contributed by atoms with Crippen LogP contribution in [0.5, 0.6) is 0 Å². The van der Waals surface area contributed by atoms with Crippen LogP contribution >= 0.6 is 50.1 Å². The molecule has 0 spiro atoms. The van der Waals surface area contributed by atoms with E-state index in [4.69, 9.17) is 11.6 Å². The van der Waals surface area contributed by atoms with E-state index in [0.29, 0.717) is 10.6 Å². The molecule has 0 bridgehead atoms. The Balaban J connectivity index is 2.25. The third-order valence-electron chi connectivity index (χ3n) is 2.55. The van der Waals surface area contributed by atoms with E-state index in [2.05, 4.69) is 43.8 Å². The minimum atomic E-state index is -0.148. The van der Waals surface area contributed by atoms with Crippen molar-refractivity contribution in [3.05, 3.63) is 60.6 Å². The molecule has 0 unspecified atom stereocenters. The van der Waals surface area contributed by atoms with Crippen molar-refractivity contribution in [2.24, 2.45) is 0 Å². The summed E-state index contributed by atoms with van der Waals surface area (Å²) in [6.07, 6.45) is 0. The van der Waals surface area contributed by atoms with Crippen molar-refractivity contribution in [2.75, 3.05) is 5.32 Å². The standard InChI is InChI=1S/C14H10BrClINO/c1-8-2-5-13(11(15)6-8)18-14(19)10-4-3-9(16)7-12(10)17/h2-7H,1H3,(H,18,19). The summed E-state index contributed by atoms with van der Waals surface area (Å²) in [7, 11) is 0. The molecule has 0 radical (unpaired) electrons. The fraction of sp³-hybridized carbons (Fsp3) is 0.0714. The molecule has 2 aromatic carbocycles. The minimum Gasteiger partial charge on any atom is -0.321 e. The predicted octanol–water partition coefficient (Wildman–Crippen LogP) is 5.27. The van der Waals surface area contributed by atoms with Crippen molar-refractivity contribution in [1.29, 1.82) is 0 Å². The van der Waals surface area contributed by atoms with E-state index in [1.54, 1.807) is 18.2 Å². The second-order valence-electron chi connectivity index (χ2n) is 4.06. The Bertz CT molecular complexity index is 645. The molecule has 0 saturated heterocycles. The number of hydrogen-bond acceptors (Lipinski definition) is 1. The van der Waals surface area contributed by atoms with Gasteiger partial charge in [0.25, 0.3) is 5.91 Å². The number of halogens is 3. The summed E-state index contributed by atoms with van der Waals surface area (Å²) < 4.78 is 1.69. The number of benzene rings is 2. The van der Waals surface area contributed by atoms with Gasteiger partial charge in [-0.3, -0.25) is 4.79 Å². The van der Waals surface area contributed by atoms with E-state index >= 15 is 0 Å². The summed E-state index contributed by atoms with van der Waals surface area (Å²) in [5, 5.41) is 3.50.